The Hall–Kier alpha value is -2.29. The molecular formula is C54H99NO8P+. The van der Waals surface area contributed by atoms with Crippen LogP contribution in [0.2, 0.25) is 0 Å². The summed E-state index contributed by atoms with van der Waals surface area (Å²) >= 11 is 0. The first-order chi connectivity index (χ1) is 31.0. The zero-order valence-corrected chi connectivity index (χ0v) is 42.9. The monoisotopic (exact) mass is 921 g/mol. The SMILES string of the molecule is CC/C=C\C/C=C\C/C=C\C/C=C\CCCCCCCCCCC(=O)OC(COC(=O)CCCCCCCCCCC/C=C\CCCCCCCC)COP(=O)(O)OCC[N+](C)(C)C. The van der Waals surface area contributed by atoms with E-state index in [1.807, 2.05) is 21.1 Å². The summed E-state index contributed by atoms with van der Waals surface area (Å²) in [5.74, 6) is -0.807. The van der Waals surface area contributed by atoms with Crippen molar-refractivity contribution in [1.82, 2.24) is 0 Å². The van der Waals surface area contributed by atoms with Gasteiger partial charge in [0.25, 0.3) is 0 Å². The maximum Gasteiger partial charge on any atom is 0.472 e. The molecule has 0 aliphatic carbocycles. The Labute approximate surface area is 394 Å². The number of carbonyl (C=O) groups is 2. The summed E-state index contributed by atoms with van der Waals surface area (Å²) in [5.41, 5.74) is 0. The second kappa shape index (κ2) is 45.8. The standard InChI is InChI=1S/C54H98NO8P/c1-6-8-10-12-14-16-18-20-22-24-26-27-29-31-33-35-37-39-41-43-45-47-54(57)63-52(51-62-64(58,59)61-49-48-55(3,4)5)50-60-53(56)46-44-42-40-38-36-34-32-30-28-25-23-21-19-17-15-13-11-9-7-2/h8,10,14,16,20-23,26-27,52H,6-7,9,11-13,15,17-19,24-25,28-51H2,1-5H3/p+1/b10-8-,16-14-,22-20-,23-21-,27-26-. The number of nitrogens with zero attached hydrogens (tertiary/aromatic N) is 1. The molecule has 2 unspecified atom stereocenters. The van der Waals surface area contributed by atoms with Crippen molar-refractivity contribution in [1.29, 1.82) is 0 Å². The number of unbranched alkanes of at least 4 members (excludes halogenated alkanes) is 23. The number of phosphoric ester groups is 1. The highest BCUT2D eigenvalue weighted by Gasteiger charge is 2.27. The highest BCUT2D eigenvalue weighted by molar-refractivity contribution is 7.47. The topological polar surface area (TPSA) is 108 Å². The van der Waals surface area contributed by atoms with Crippen molar-refractivity contribution < 1.29 is 42.1 Å². The minimum absolute atomic E-state index is 0.0278. The third kappa shape index (κ3) is 49.2. The van der Waals surface area contributed by atoms with Gasteiger partial charge in [-0.15, -0.1) is 0 Å². The molecule has 0 aliphatic heterocycles. The summed E-state index contributed by atoms with van der Waals surface area (Å²) in [7, 11) is 1.47. The van der Waals surface area contributed by atoms with Crippen molar-refractivity contribution in [2.75, 3.05) is 47.5 Å². The van der Waals surface area contributed by atoms with Gasteiger partial charge in [-0.1, -0.05) is 190 Å². The number of phosphoric acid groups is 1. The van der Waals surface area contributed by atoms with Crippen LogP contribution in [0.15, 0.2) is 60.8 Å². The molecular weight excluding hydrogens is 822 g/mol. The van der Waals surface area contributed by atoms with Crippen molar-refractivity contribution in [3.05, 3.63) is 60.8 Å². The van der Waals surface area contributed by atoms with Gasteiger partial charge in [0.1, 0.15) is 19.8 Å². The van der Waals surface area contributed by atoms with E-state index in [1.165, 1.54) is 116 Å². The summed E-state index contributed by atoms with van der Waals surface area (Å²) in [6.07, 6.45) is 57.0. The van der Waals surface area contributed by atoms with Crippen LogP contribution >= 0.6 is 7.82 Å². The molecule has 0 fully saturated rings. The average molecular weight is 921 g/mol. The normalized spacial score (nSPS) is 13.9. The van der Waals surface area contributed by atoms with E-state index >= 15 is 0 Å². The van der Waals surface area contributed by atoms with Crippen molar-refractivity contribution in [2.24, 2.45) is 0 Å². The number of allylic oxidation sites excluding steroid dienone is 10. The Kier molecular flexibility index (Phi) is 44.2. The molecule has 64 heavy (non-hydrogen) atoms. The zero-order chi connectivity index (χ0) is 47.1. The number of ether oxygens (including phenoxy) is 2. The second-order valence-electron chi connectivity index (χ2n) is 18.5. The lowest BCUT2D eigenvalue weighted by Gasteiger charge is -2.24. The fraction of sp³-hybridized carbons (Fsp3) is 0.778. The minimum Gasteiger partial charge on any atom is -0.462 e. The van der Waals surface area contributed by atoms with Gasteiger partial charge in [0.05, 0.1) is 27.7 Å². The molecule has 372 valence electrons. The van der Waals surface area contributed by atoms with Crippen molar-refractivity contribution in [2.45, 2.75) is 225 Å². The van der Waals surface area contributed by atoms with Gasteiger partial charge in [-0.05, 0) is 77.0 Å². The number of hydrogen-bond donors (Lipinski definition) is 1. The van der Waals surface area contributed by atoms with Gasteiger partial charge in [-0.25, -0.2) is 4.57 Å². The molecule has 0 amide bonds. The Morgan fingerprint density at radius 1 is 0.500 bits per heavy atom. The number of hydrogen-bond acceptors (Lipinski definition) is 7. The molecule has 2 atom stereocenters. The quantitative estimate of drug-likeness (QED) is 0.0211. The van der Waals surface area contributed by atoms with E-state index in [0.29, 0.717) is 17.4 Å². The van der Waals surface area contributed by atoms with E-state index in [9.17, 15) is 19.0 Å². The summed E-state index contributed by atoms with van der Waals surface area (Å²) < 4.78 is 34.5. The summed E-state index contributed by atoms with van der Waals surface area (Å²) in [5, 5.41) is 0. The van der Waals surface area contributed by atoms with Gasteiger partial charge >= 0.3 is 19.8 Å². The Bertz CT molecular complexity index is 1270. The molecule has 10 heteroatoms. The number of quaternary nitrogens is 1. The molecule has 0 aromatic carbocycles. The molecule has 1 N–H and O–H groups in total. The number of esters is 2. The maximum absolute atomic E-state index is 12.8. The lowest BCUT2D eigenvalue weighted by atomic mass is 10.1. The van der Waals surface area contributed by atoms with Gasteiger partial charge in [0.2, 0.25) is 0 Å². The van der Waals surface area contributed by atoms with E-state index in [2.05, 4.69) is 74.6 Å². The van der Waals surface area contributed by atoms with Crippen LogP contribution in [0, 0.1) is 0 Å². The smallest absolute Gasteiger partial charge is 0.462 e. The second-order valence-corrected chi connectivity index (χ2v) is 20.0. The third-order valence-corrected chi connectivity index (χ3v) is 12.0. The van der Waals surface area contributed by atoms with Crippen LogP contribution in [-0.4, -0.2) is 74.9 Å². The van der Waals surface area contributed by atoms with Crippen LogP contribution < -0.4 is 0 Å². The van der Waals surface area contributed by atoms with E-state index in [1.54, 1.807) is 0 Å². The number of rotatable bonds is 47. The fourth-order valence-corrected chi connectivity index (χ4v) is 7.74. The first kappa shape index (κ1) is 61.7. The van der Waals surface area contributed by atoms with Crippen molar-refractivity contribution in [3.8, 4) is 0 Å². The largest absolute Gasteiger partial charge is 0.472 e. The summed E-state index contributed by atoms with van der Waals surface area (Å²) in [6, 6.07) is 0. The molecule has 9 nitrogen and oxygen atoms in total. The number of carbonyl (C=O) groups excluding carboxylic acids is 2. The highest BCUT2D eigenvalue weighted by Crippen LogP contribution is 2.43. The first-order valence-corrected chi connectivity index (χ1v) is 27.5. The Balaban J connectivity index is 4.27. The molecule has 0 aromatic rings. The molecule has 0 aliphatic rings. The lowest BCUT2D eigenvalue weighted by molar-refractivity contribution is -0.870. The molecule has 0 aromatic heterocycles. The van der Waals surface area contributed by atoms with E-state index in [0.717, 1.165) is 70.6 Å². The highest BCUT2D eigenvalue weighted by atomic mass is 31.2. The molecule has 0 radical (unpaired) electrons. The van der Waals surface area contributed by atoms with Crippen LogP contribution in [0.1, 0.15) is 219 Å². The summed E-state index contributed by atoms with van der Waals surface area (Å²) in [6.45, 7) is 4.31. The molecule has 0 saturated carbocycles. The van der Waals surface area contributed by atoms with Crippen LogP contribution in [0.3, 0.4) is 0 Å². The first-order valence-electron chi connectivity index (χ1n) is 26.0. The predicted octanol–water partition coefficient (Wildman–Crippen LogP) is 15.6. The molecule has 0 heterocycles. The fourth-order valence-electron chi connectivity index (χ4n) is 7.00. The minimum atomic E-state index is -4.39. The van der Waals surface area contributed by atoms with E-state index in [-0.39, 0.29) is 32.0 Å². The average Bonchev–Trinajstić information content (AvgIpc) is 3.25. The zero-order valence-electron chi connectivity index (χ0n) is 42.0. The van der Waals surface area contributed by atoms with Gasteiger partial charge in [0, 0.05) is 12.8 Å². The van der Waals surface area contributed by atoms with Crippen LogP contribution in [-0.2, 0) is 32.7 Å². The van der Waals surface area contributed by atoms with E-state index in [4.69, 9.17) is 18.5 Å². The lowest BCUT2D eigenvalue weighted by Crippen LogP contribution is -2.37. The molecule has 0 rings (SSSR count). The van der Waals surface area contributed by atoms with E-state index < -0.39 is 26.5 Å². The Morgan fingerprint density at radius 3 is 1.34 bits per heavy atom. The van der Waals surface area contributed by atoms with Crippen LogP contribution in [0.4, 0.5) is 0 Å². The summed E-state index contributed by atoms with van der Waals surface area (Å²) in [4.78, 5) is 35.6. The van der Waals surface area contributed by atoms with Crippen molar-refractivity contribution >= 4 is 19.8 Å². The Morgan fingerprint density at radius 2 is 0.891 bits per heavy atom. The van der Waals surface area contributed by atoms with Crippen LogP contribution in [0.25, 0.3) is 0 Å². The van der Waals surface area contributed by atoms with Gasteiger partial charge < -0.3 is 18.9 Å². The van der Waals surface area contributed by atoms with Gasteiger partial charge in [0.15, 0.2) is 6.10 Å². The van der Waals surface area contributed by atoms with Crippen molar-refractivity contribution in [3.63, 3.8) is 0 Å². The molecule has 0 spiro atoms. The van der Waals surface area contributed by atoms with Gasteiger partial charge in [-0.2, -0.15) is 0 Å². The molecule has 0 saturated heterocycles. The predicted molar refractivity (Wildman–Crippen MR) is 270 cm³/mol. The third-order valence-electron chi connectivity index (χ3n) is 11.0. The molecule has 0 bridgehead atoms. The number of likely N-dealkylation sites (N-methyl/N-ethyl adjacent to an activating group) is 1. The van der Waals surface area contributed by atoms with Gasteiger partial charge in [-0.3, -0.25) is 18.6 Å². The maximum atomic E-state index is 12.8. The van der Waals surface area contributed by atoms with Crippen LogP contribution in [0.5, 0.6) is 0 Å².